The van der Waals surface area contributed by atoms with Gasteiger partial charge in [0.1, 0.15) is 5.82 Å². The molecule has 136 valence electrons. The van der Waals surface area contributed by atoms with Crippen LogP contribution in [0.25, 0.3) is 6.08 Å². The summed E-state index contributed by atoms with van der Waals surface area (Å²) in [4.78, 5) is 14.2. The second kappa shape index (κ2) is 8.96. The number of benzene rings is 2. The molecule has 4 nitrogen and oxygen atoms in total. The Morgan fingerprint density at radius 1 is 1.19 bits per heavy atom. The highest BCUT2D eigenvalue weighted by Gasteiger charge is 2.10. The molecule has 0 aliphatic carbocycles. The van der Waals surface area contributed by atoms with E-state index in [-0.39, 0.29) is 11.7 Å². The predicted octanol–water partition coefficient (Wildman–Crippen LogP) is 3.75. The van der Waals surface area contributed by atoms with Crippen molar-refractivity contribution in [3.05, 3.63) is 70.0 Å². The van der Waals surface area contributed by atoms with Crippen LogP contribution in [0, 0.1) is 5.82 Å². The van der Waals surface area contributed by atoms with Gasteiger partial charge in [-0.25, -0.2) is 4.39 Å². The van der Waals surface area contributed by atoms with Gasteiger partial charge in [-0.2, -0.15) is 0 Å². The molecule has 0 aromatic heterocycles. The summed E-state index contributed by atoms with van der Waals surface area (Å²) in [7, 11) is 0. The number of morpholine rings is 1. The number of hydrogen-bond acceptors (Lipinski definition) is 3. The third-order valence-corrected chi connectivity index (χ3v) is 4.64. The number of rotatable bonds is 5. The maximum atomic E-state index is 13.6. The summed E-state index contributed by atoms with van der Waals surface area (Å²) >= 11 is 3.29. The van der Waals surface area contributed by atoms with Gasteiger partial charge in [0.25, 0.3) is 0 Å². The Kier molecular flexibility index (Phi) is 6.41. The zero-order valence-corrected chi connectivity index (χ0v) is 15.8. The van der Waals surface area contributed by atoms with Crippen molar-refractivity contribution in [3.63, 3.8) is 0 Å². The van der Waals surface area contributed by atoms with Gasteiger partial charge >= 0.3 is 0 Å². The molecule has 1 N–H and O–H groups in total. The topological polar surface area (TPSA) is 41.6 Å². The van der Waals surface area contributed by atoms with Crippen LogP contribution in [0.4, 0.5) is 10.1 Å². The summed E-state index contributed by atoms with van der Waals surface area (Å²) in [6, 6.07) is 12.7. The van der Waals surface area contributed by atoms with E-state index in [0.717, 1.165) is 42.0 Å². The second-order valence-electron chi connectivity index (χ2n) is 5.98. The lowest BCUT2D eigenvalue weighted by molar-refractivity contribution is -0.116. The molecule has 1 aliphatic rings. The number of hydrogen-bond donors (Lipinski definition) is 1. The highest BCUT2D eigenvalue weighted by atomic mass is 79.9. The van der Waals surface area contributed by atoms with Crippen LogP contribution >= 0.6 is 15.9 Å². The molecule has 0 spiro atoms. The summed E-state index contributed by atoms with van der Waals surface area (Å²) < 4.78 is 19.8. The molecule has 2 aromatic carbocycles. The van der Waals surface area contributed by atoms with E-state index in [1.54, 1.807) is 12.1 Å². The minimum absolute atomic E-state index is 0.262. The molecule has 1 saturated heterocycles. The second-order valence-corrected chi connectivity index (χ2v) is 6.90. The average Bonchev–Trinajstić information content (AvgIpc) is 2.68. The molecule has 0 atom stereocenters. The molecule has 1 amide bonds. The van der Waals surface area contributed by atoms with Crippen LogP contribution in [0.1, 0.15) is 11.1 Å². The van der Waals surface area contributed by atoms with Gasteiger partial charge in [0.05, 0.1) is 13.2 Å². The van der Waals surface area contributed by atoms with Crippen LogP contribution in [0.3, 0.4) is 0 Å². The Labute approximate surface area is 160 Å². The largest absolute Gasteiger partial charge is 0.378 e. The van der Waals surface area contributed by atoms with Gasteiger partial charge < -0.3 is 15.0 Å². The summed E-state index contributed by atoms with van der Waals surface area (Å²) in [6.07, 6.45) is 2.81. The van der Waals surface area contributed by atoms with Crippen molar-refractivity contribution < 1.29 is 13.9 Å². The van der Waals surface area contributed by atoms with Crippen molar-refractivity contribution in [2.45, 2.75) is 6.54 Å². The van der Waals surface area contributed by atoms with Crippen molar-refractivity contribution in [2.75, 3.05) is 31.2 Å². The molecule has 0 bridgehead atoms. The highest BCUT2D eigenvalue weighted by Crippen LogP contribution is 2.17. The Balaban J connectivity index is 1.52. The molecule has 26 heavy (non-hydrogen) atoms. The number of anilines is 1. The smallest absolute Gasteiger partial charge is 0.244 e. The first-order valence-corrected chi connectivity index (χ1v) is 9.24. The Morgan fingerprint density at radius 3 is 2.65 bits per heavy atom. The van der Waals surface area contributed by atoms with Crippen LogP contribution in [-0.2, 0) is 16.1 Å². The minimum atomic E-state index is -0.365. The van der Waals surface area contributed by atoms with Gasteiger partial charge in [0.15, 0.2) is 0 Å². The van der Waals surface area contributed by atoms with Crippen molar-refractivity contribution in [1.29, 1.82) is 0 Å². The van der Waals surface area contributed by atoms with E-state index in [4.69, 9.17) is 4.74 Å². The molecule has 3 rings (SSSR count). The Hall–Kier alpha value is -2.18. The number of amides is 1. The molecule has 1 aliphatic heterocycles. The molecular weight excluding hydrogens is 399 g/mol. The van der Waals surface area contributed by atoms with E-state index in [0.29, 0.717) is 12.1 Å². The molecule has 1 fully saturated rings. The van der Waals surface area contributed by atoms with E-state index >= 15 is 0 Å². The number of halogens is 2. The third kappa shape index (κ3) is 5.16. The Bertz CT molecular complexity index is 787. The fourth-order valence-corrected chi connectivity index (χ4v) is 3.08. The van der Waals surface area contributed by atoms with E-state index < -0.39 is 0 Å². The van der Waals surface area contributed by atoms with Gasteiger partial charge in [-0.15, -0.1) is 0 Å². The van der Waals surface area contributed by atoms with Crippen LogP contribution in [-0.4, -0.2) is 32.2 Å². The lowest BCUT2D eigenvalue weighted by Crippen LogP contribution is -2.36. The zero-order chi connectivity index (χ0) is 18.4. The maximum absolute atomic E-state index is 13.6. The average molecular weight is 419 g/mol. The minimum Gasteiger partial charge on any atom is -0.378 e. The first kappa shape index (κ1) is 18.6. The molecule has 0 saturated carbocycles. The highest BCUT2D eigenvalue weighted by molar-refractivity contribution is 9.10. The number of carbonyl (C=O) groups excluding carboxylic acids is 1. The van der Waals surface area contributed by atoms with Gasteiger partial charge in [0.2, 0.25) is 5.91 Å². The summed E-state index contributed by atoms with van der Waals surface area (Å²) in [5.41, 5.74) is 2.54. The van der Waals surface area contributed by atoms with Crippen LogP contribution < -0.4 is 10.2 Å². The third-order valence-electron chi connectivity index (χ3n) is 4.15. The fourth-order valence-electron chi connectivity index (χ4n) is 2.70. The maximum Gasteiger partial charge on any atom is 0.244 e. The standard InChI is InChI=1S/C20H20BrFN2O2/c21-17-4-7-19(22)16(13-17)3-8-20(25)23-14-15-1-5-18(6-2-15)24-9-11-26-12-10-24/h1-8,13H,9-12,14H2,(H,23,25)/b8-3+. The van der Waals surface area contributed by atoms with Crippen LogP contribution in [0.5, 0.6) is 0 Å². The predicted molar refractivity (Wildman–Crippen MR) is 104 cm³/mol. The van der Waals surface area contributed by atoms with E-state index in [9.17, 15) is 9.18 Å². The summed E-state index contributed by atoms with van der Waals surface area (Å²) in [5, 5.41) is 2.81. The van der Waals surface area contributed by atoms with E-state index in [1.807, 2.05) is 12.1 Å². The number of nitrogens with one attached hydrogen (secondary N) is 1. The summed E-state index contributed by atoms with van der Waals surface area (Å²) in [5.74, 6) is -0.627. The van der Waals surface area contributed by atoms with Crippen LogP contribution in [0.2, 0.25) is 0 Å². The molecule has 6 heteroatoms. The molecular formula is C20H20BrFN2O2. The van der Waals surface area contributed by atoms with Crippen molar-refractivity contribution in [2.24, 2.45) is 0 Å². The lowest BCUT2D eigenvalue weighted by Gasteiger charge is -2.28. The van der Waals surface area contributed by atoms with Gasteiger partial charge in [-0.3, -0.25) is 4.79 Å². The van der Waals surface area contributed by atoms with E-state index in [1.165, 1.54) is 18.2 Å². The lowest BCUT2D eigenvalue weighted by atomic mass is 10.2. The first-order chi connectivity index (χ1) is 12.6. The zero-order valence-electron chi connectivity index (χ0n) is 14.3. The number of nitrogens with zero attached hydrogens (tertiary/aromatic N) is 1. The molecule has 0 radical (unpaired) electrons. The van der Waals surface area contributed by atoms with E-state index in [2.05, 4.69) is 38.3 Å². The number of ether oxygens (including phenoxy) is 1. The molecule has 0 unspecified atom stereocenters. The fraction of sp³-hybridized carbons (Fsp3) is 0.250. The quantitative estimate of drug-likeness (QED) is 0.751. The first-order valence-electron chi connectivity index (χ1n) is 8.44. The molecule has 1 heterocycles. The van der Waals surface area contributed by atoms with Crippen LogP contribution in [0.15, 0.2) is 53.0 Å². The van der Waals surface area contributed by atoms with Gasteiger partial charge in [-0.1, -0.05) is 28.1 Å². The molecule has 2 aromatic rings. The van der Waals surface area contributed by atoms with Crippen molar-refractivity contribution in [3.8, 4) is 0 Å². The SMILES string of the molecule is O=C(/C=C/c1cc(Br)ccc1F)NCc1ccc(N2CCOCC2)cc1. The Morgan fingerprint density at radius 2 is 1.92 bits per heavy atom. The summed E-state index contributed by atoms with van der Waals surface area (Å²) in [6.45, 7) is 3.72. The van der Waals surface area contributed by atoms with Gasteiger partial charge in [-0.05, 0) is 42.0 Å². The normalized spacial score (nSPS) is 14.6. The number of carbonyl (C=O) groups is 1. The van der Waals surface area contributed by atoms with Crippen molar-refractivity contribution in [1.82, 2.24) is 5.32 Å². The van der Waals surface area contributed by atoms with Crippen molar-refractivity contribution >= 4 is 33.6 Å². The monoisotopic (exact) mass is 418 g/mol. The van der Waals surface area contributed by atoms with Gasteiger partial charge in [0, 0.05) is 41.4 Å².